The van der Waals surface area contributed by atoms with Crippen LogP contribution in [0, 0.1) is 17.2 Å². The molecule has 1 fully saturated rings. The zero-order chi connectivity index (χ0) is 13.0. The van der Waals surface area contributed by atoms with Crippen molar-refractivity contribution in [2.45, 2.75) is 19.3 Å². The highest BCUT2D eigenvalue weighted by Gasteiger charge is 2.20. The number of carbonyl (C=O) groups excluding carboxylic acids is 1. The van der Waals surface area contributed by atoms with Gasteiger partial charge in [0, 0.05) is 25.2 Å². The van der Waals surface area contributed by atoms with Crippen LogP contribution in [0.2, 0.25) is 0 Å². The van der Waals surface area contributed by atoms with Gasteiger partial charge in [0.25, 0.3) is 0 Å². The summed E-state index contributed by atoms with van der Waals surface area (Å²) in [6, 6.07) is 9.75. The van der Waals surface area contributed by atoms with Gasteiger partial charge in [-0.1, -0.05) is 0 Å². The summed E-state index contributed by atoms with van der Waals surface area (Å²) in [5, 5.41) is 8.75. The molecule has 4 nitrogen and oxygen atoms in total. The minimum Gasteiger partial charge on any atom is -0.372 e. The van der Waals surface area contributed by atoms with Gasteiger partial charge in [0.15, 0.2) is 0 Å². The largest absolute Gasteiger partial charge is 0.372 e. The van der Waals surface area contributed by atoms with Crippen LogP contribution >= 0.6 is 0 Å². The first kappa shape index (κ1) is 12.4. The molecule has 0 bridgehead atoms. The van der Waals surface area contributed by atoms with E-state index in [-0.39, 0.29) is 5.91 Å². The lowest BCUT2D eigenvalue weighted by Crippen LogP contribution is -2.35. The molecule has 0 aromatic heterocycles. The molecule has 94 valence electrons. The Morgan fingerprint density at radius 1 is 1.33 bits per heavy atom. The lowest BCUT2D eigenvalue weighted by Gasteiger charge is -2.33. The Bertz CT molecular complexity index is 453. The molecular formula is C14H17N3O. The number of benzene rings is 1. The Morgan fingerprint density at radius 3 is 2.44 bits per heavy atom. The molecular weight excluding hydrogens is 226 g/mol. The lowest BCUT2D eigenvalue weighted by molar-refractivity contribution is -0.119. The maximum absolute atomic E-state index is 10.9. The molecule has 2 N–H and O–H groups in total. The molecule has 1 saturated heterocycles. The molecule has 0 spiro atoms. The Hall–Kier alpha value is -2.02. The molecule has 0 atom stereocenters. The van der Waals surface area contributed by atoms with Crippen LogP contribution in [0.4, 0.5) is 5.69 Å². The second-order valence-corrected chi connectivity index (χ2v) is 4.76. The number of piperidine rings is 1. The predicted octanol–water partition coefficient (Wildman–Crippen LogP) is 1.65. The van der Waals surface area contributed by atoms with Gasteiger partial charge in [-0.15, -0.1) is 0 Å². The summed E-state index contributed by atoms with van der Waals surface area (Å²) < 4.78 is 0. The van der Waals surface area contributed by atoms with E-state index >= 15 is 0 Å². The molecule has 0 radical (unpaired) electrons. The van der Waals surface area contributed by atoms with E-state index in [4.69, 9.17) is 11.0 Å². The van der Waals surface area contributed by atoms with Crippen LogP contribution in [-0.4, -0.2) is 19.0 Å². The van der Waals surface area contributed by atoms with E-state index in [9.17, 15) is 4.79 Å². The fourth-order valence-electron chi connectivity index (χ4n) is 2.43. The Kier molecular flexibility index (Phi) is 3.83. The monoisotopic (exact) mass is 243 g/mol. The normalized spacial score (nSPS) is 16.3. The predicted molar refractivity (Wildman–Crippen MR) is 69.9 cm³/mol. The van der Waals surface area contributed by atoms with Gasteiger partial charge >= 0.3 is 0 Å². The van der Waals surface area contributed by atoms with Gasteiger partial charge in [-0.2, -0.15) is 5.26 Å². The standard InChI is InChI=1S/C14H17N3O/c15-10-12-1-3-13(4-2-12)17-7-5-11(6-8-17)9-14(16)18/h1-4,11H,5-9H2,(H2,16,18). The summed E-state index contributed by atoms with van der Waals surface area (Å²) in [4.78, 5) is 13.2. The summed E-state index contributed by atoms with van der Waals surface area (Å²) in [6.07, 6.45) is 2.51. The quantitative estimate of drug-likeness (QED) is 0.877. The van der Waals surface area contributed by atoms with Crippen molar-refractivity contribution >= 4 is 11.6 Å². The van der Waals surface area contributed by atoms with Crippen molar-refractivity contribution in [1.82, 2.24) is 0 Å². The molecule has 1 amide bonds. The van der Waals surface area contributed by atoms with Crippen LogP contribution in [0.1, 0.15) is 24.8 Å². The van der Waals surface area contributed by atoms with Crippen LogP contribution in [-0.2, 0) is 4.79 Å². The van der Waals surface area contributed by atoms with Crippen LogP contribution in [0.5, 0.6) is 0 Å². The molecule has 1 heterocycles. The van der Waals surface area contributed by atoms with E-state index in [0.717, 1.165) is 31.6 Å². The SMILES string of the molecule is N#Cc1ccc(N2CCC(CC(N)=O)CC2)cc1. The summed E-state index contributed by atoms with van der Waals surface area (Å²) in [5.41, 5.74) is 7.05. The lowest BCUT2D eigenvalue weighted by atomic mass is 9.93. The molecule has 0 unspecified atom stereocenters. The minimum absolute atomic E-state index is 0.202. The number of carbonyl (C=O) groups is 1. The first-order valence-corrected chi connectivity index (χ1v) is 6.22. The third-order valence-corrected chi connectivity index (χ3v) is 3.47. The number of hydrogen-bond acceptors (Lipinski definition) is 3. The second kappa shape index (κ2) is 5.54. The fourth-order valence-corrected chi connectivity index (χ4v) is 2.43. The third kappa shape index (κ3) is 3.01. The Labute approximate surface area is 107 Å². The average Bonchev–Trinajstić information content (AvgIpc) is 2.39. The number of nitrogens with two attached hydrogens (primary N) is 1. The van der Waals surface area contributed by atoms with E-state index in [1.807, 2.05) is 24.3 Å². The number of hydrogen-bond donors (Lipinski definition) is 1. The maximum atomic E-state index is 10.9. The first-order valence-electron chi connectivity index (χ1n) is 6.22. The number of anilines is 1. The second-order valence-electron chi connectivity index (χ2n) is 4.76. The van der Waals surface area contributed by atoms with Crippen molar-refractivity contribution < 1.29 is 4.79 Å². The minimum atomic E-state index is -0.202. The molecule has 0 aliphatic carbocycles. The van der Waals surface area contributed by atoms with Gasteiger partial charge in [-0.25, -0.2) is 0 Å². The molecule has 18 heavy (non-hydrogen) atoms. The van der Waals surface area contributed by atoms with E-state index in [2.05, 4.69) is 11.0 Å². The molecule has 1 aliphatic rings. The number of amides is 1. The van der Waals surface area contributed by atoms with Crippen molar-refractivity contribution in [2.24, 2.45) is 11.7 Å². The molecule has 1 aliphatic heterocycles. The van der Waals surface area contributed by atoms with Gasteiger partial charge in [-0.3, -0.25) is 4.79 Å². The van der Waals surface area contributed by atoms with E-state index < -0.39 is 0 Å². The molecule has 1 aromatic carbocycles. The van der Waals surface area contributed by atoms with Crippen LogP contribution in [0.25, 0.3) is 0 Å². The maximum Gasteiger partial charge on any atom is 0.217 e. The van der Waals surface area contributed by atoms with Crippen LogP contribution in [0.3, 0.4) is 0 Å². The highest BCUT2D eigenvalue weighted by atomic mass is 16.1. The zero-order valence-corrected chi connectivity index (χ0v) is 10.3. The molecule has 1 aromatic rings. The summed E-state index contributed by atoms with van der Waals surface area (Å²) in [5.74, 6) is 0.226. The van der Waals surface area contributed by atoms with Gasteiger partial charge in [-0.05, 0) is 43.0 Å². The molecule has 4 heteroatoms. The van der Waals surface area contributed by atoms with Gasteiger partial charge in [0.2, 0.25) is 5.91 Å². The van der Waals surface area contributed by atoms with Gasteiger partial charge in [0.05, 0.1) is 11.6 Å². The topological polar surface area (TPSA) is 70.1 Å². The van der Waals surface area contributed by atoms with E-state index in [1.165, 1.54) is 0 Å². The van der Waals surface area contributed by atoms with Crippen molar-refractivity contribution in [2.75, 3.05) is 18.0 Å². The van der Waals surface area contributed by atoms with E-state index in [1.54, 1.807) is 0 Å². The van der Waals surface area contributed by atoms with Crippen LogP contribution in [0.15, 0.2) is 24.3 Å². The van der Waals surface area contributed by atoms with Crippen LogP contribution < -0.4 is 10.6 Å². The highest BCUT2D eigenvalue weighted by molar-refractivity contribution is 5.74. The molecule has 0 saturated carbocycles. The third-order valence-electron chi connectivity index (χ3n) is 3.47. The zero-order valence-electron chi connectivity index (χ0n) is 10.3. The fraction of sp³-hybridized carbons (Fsp3) is 0.429. The van der Waals surface area contributed by atoms with E-state index in [0.29, 0.717) is 17.9 Å². The van der Waals surface area contributed by atoms with Crippen molar-refractivity contribution in [3.05, 3.63) is 29.8 Å². The average molecular weight is 243 g/mol. The number of nitriles is 1. The number of primary amides is 1. The highest BCUT2D eigenvalue weighted by Crippen LogP contribution is 2.25. The van der Waals surface area contributed by atoms with Gasteiger partial charge < -0.3 is 10.6 Å². The Balaban J connectivity index is 1.93. The Morgan fingerprint density at radius 2 is 1.94 bits per heavy atom. The summed E-state index contributed by atoms with van der Waals surface area (Å²) >= 11 is 0. The smallest absolute Gasteiger partial charge is 0.217 e. The molecule has 2 rings (SSSR count). The number of rotatable bonds is 3. The summed E-state index contributed by atoms with van der Waals surface area (Å²) in [7, 11) is 0. The summed E-state index contributed by atoms with van der Waals surface area (Å²) in [6.45, 7) is 1.90. The van der Waals surface area contributed by atoms with Crippen molar-refractivity contribution in [3.63, 3.8) is 0 Å². The first-order chi connectivity index (χ1) is 8.69. The van der Waals surface area contributed by atoms with Crippen molar-refractivity contribution in [3.8, 4) is 6.07 Å². The van der Waals surface area contributed by atoms with Gasteiger partial charge in [0.1, 0.15) is 0 Å². The van der Waals surface area contributed by atoms with Crippen molar-refractivity contribution in [1.29, 1.82) is 5.26 Å². The number of nitrogens with zero attached hydrogens (tertiary/aromatic N) is 2.